The van der Waals surface area contributed by atoms with Gasteiger partial charge in [-0.1, -0.05) is 65.7 Å². The molecular weight excluding hydrogens is 420 g/mol. The molecule has 0 atom stereocenters. The molecule has 2 aromatic heterocycles. The number of aromatic amines is 1. The lowest BCUT2D eigenvalue weighted by Crippen LogP contribution is -2.01. The summed E-state index contributed by atoms with van der Waals surface area (Å²) in [5.74, 6) is -0.426. The molecule has 0 amide bonds. The van der Waals surface area contributed by atoms with Crippen LogP contribution in [0.2, 0.25) is 10.0 Å². The van der Waals surface area contributed by atoms with E-state index in [1.165, 1.54) is 6.07 Å². The molecule has 6 heteroatoms. The summed E-state index contributed by atoms with van der Waals surface area (Å²) in [7, 11) is 0. The predicted octanol–water partition coefficient (Wildman–Crippen LogP) is 7.19. The van der Waals surface area contributed by atoms with E-state index >= 15 is 0 Å². The van der Waals surface area contributed by atoms with Gasteiger partial charge >= 0.3 is 0 Å². The number of rotatable bonds is 4. The van der Waals surface area contributed by atoms with Crippen molar-refractivity contribution >= 4 is 34.1 Å². The zero-order valence-corrected chi connectivity index (χ0v) is 17.3. The minimum Gasteiger partial charge on any atom is -0.360 e. The van der Waals surface area contributed by atoms with Crippen molar-refractivity contribution < 1.29 is 4.39 Å². The van der Waals surface area contributed by atoms with Crippen molar-refractivity contribution in [3.8, 4) is 22.5 Å². The molecule has 0 radical (unpaired) electrons. The van der Waals surface area contributed by atoms with Crippen LogP contribution in [0.1, 0.15) is 5.56 Å². The fourth-order valence-electron chi connectivity index (χ4n) is 3.72. The number of hydrogen-bond donors (Lipinski definition) is 1. The second kappa shape index (κ2) is 7.63. The van der Waals surface area contributed by atoms with E-state index in [0.717, 1.165) is 39.0 Å². The van der Waals surface area contributed by atoms with E-state index in [1.54, 1.807) is 12.1 Å². The number of halogens is 3. The molecule has 0 bridgehead atoms. The summed E-state index contributed by atoms with van der Waals surface area (Å²) in [5.41, 5.74) is 5.73. The highest BCUT2D eigenvalue weighted by Crippen LogP contribution is 2.36. The van der Waals surface area contributed by atoms with Gasteiger partial charge in [-0.2, -0.15) is 0 Å². The molecule has 0 saturated heterocycles. The van der Waals surface area contributed by atoms with Gasteiger partial charge in [0, 0.05) is 39.8 Å². The summed E-state index contributed by atoms with van der Waals surface area (Å²) < 4.78 is 15.7. The monoisotopic (exact) mass is 435 g/mol. The maximum Gasteiger partial charge on any atom is 0.141 e. The van der Waals surface area contributed by atoms with E-state index in [4.69, 9.17) is 28.2 Å². The summed E-state index contributed by atoms with van der Waals surface area (Å²) in [4.78, 5) is 8.03. The normalized spacial score (nSPS) is 11.3. The molecule has 30 heavy (non-hydrogen) atoms. The number of nitrogens with one attached hydrogen (secondary N) is 1. The third-order valence-corrected chi connectivity index (χ3v) is 5.65. The summed E-state index contributed by atoms with van der Waals surface area (Å²) >= 11 is 12.2. The van der Waals surface area contributed by atoms with Gasteiger partial charge in [0.2, 0.25) is 0 Å². The molecule has 0 aliphatic carbocycles. The third kappa shape index (κ3) is 3.38. The van der Waals surface area contributed by atoms with Crippen LogP contribution in [-0.2, 0) is 6.54 Å². The maximum absolute atomic E-state index is 13.6. The topological polar surface area (TPSA) is 33.6 Å². The molecule has 0 aliphatic heterocycles. The predicted molar refractivity (Wildman–Crippen MR) is 120 cm³/mol. The highest BCUT2D eigenvalue weighted by atomic mass is 35.5. The minimum absolute atomic E-state index is 0.110. The first-order valence-electron chi connectivity index (χ1n) is 9.41. The fourth-order valence-corrected chi connectivity index (χ4v) is 4.10. The second-order valence-corrected chi connectivity index (χ2v) is 7.92. The van der Waals surface area contributed by atoms with Crippen LogP contribution in [0.15, 0.2) is 79.3 Å². The largest absolute Gasteiger partial charge is 0.360 e. The molecule has 3 nitrogen and oxygen atoms in total. The van der Waals surface area contributed by atoms with Crippen LogP contribution < -0.4 is 0 Å². The quantitative estimate of drug-likeness (QED) is 0.318. The van der Waals surface area contributed by atoms with Gasteiger partial charge in [-0.05, 0) is 29.8 Å². The summed E-state index contributed by atoms with van der Waals surface area (Å²) in [6.07, 6.45) is 3.78. The van der Waals surface area contributed by atoms with Gasteiger partial charge in [0.15, 0.2) is 0 Å². The van der Waals surface area contributed by atoms with Crippen LogP contribution in [-0.4, -0.2) is 14.5 Å². The van der Waals surface area contributed by atoms with Crippen LogP contribution >= 0.6 is 23.2 Å². The Balaban J connectivity index is 1.70. The first kappa shape index (κ1) is 18.9. The van der Waals surface area contributed by atoms with Crippen LogP contribution in [0.5, 0.6) is 0 Å². The van der Waals surface area contributed by atoms with Crippen LogP contribution in [0.25, 0.3) is 33.4 Å². The number of H-pyrrole nitrogens is 1. The Labute approximate surface area is 182 Å². The molecule has 1 N–H and O–H groups in total. The Hall–Kier alpha value is -3.08. The van der Waals surface area contributed by atoms with Crippen LogP contribution in [0.3, 0.4) is 0 Å². The number of imidazole rings is 1. The SMILES string of the molecule is Fc1ccc(Cn2cnc(-c3ccccc3)c2-c2c[nH]c3cc(Cl)ccc23)cc1Cl. The van der Waals surface area contributed by atoms with E-state index in [9.17, 15) is 4.39 Å². The van der Waals surface area contributed by atoms with Crippen molar-refractivity contribution in [1.29, 1.82) is 0 Å². The van der Waals surface area contributed by atoms with Crippen molar-refractivity contribution in [2.24, 2.45) is 0 Å². The summed E-state index contributed by atoms with van der Waals surface area (Å²) in [6, 6.07) is 20.6. The van der Waals surface area contributed by atoms with E-state index in [0.29, 0.717) is 11.6 Å². The summed E-state index contributed by atoms with van der Waals surface area (Å²) in [6.45, 7) is 0.509. The van der Waals surface area contributed by atoms with Crippen LogP contribution in [0, 0.1) is 5.82 Å². The van der Waals surface area contributed by atoms with Gasteiger partial charge in [-0.3, -0.25) is 0 Å². The van der Waals surface area contributed by atoms with Gasteiger partial charge in [0.1, 0.15) is 5.82 Å². The number of aromatic nitrogens is 3. The molecule has 5 aromatic rings. The zero-order valence-electron chi connectivity index (χ0n) is 15.7. The van der Waals surface area contributed by atoms with E-state index in [2.05, 4.69) is 9.55 Å². The van der Waals surface area contributed by atoms with Gasteiger partial charge in [-0.25, -0.2) is 9.37 Å². The second-order valence-electron chi connectivity index (χ2n) is 7.08. The highest BCUT2D eigenvalue weighted by molar-refractivity contribution is 6.31. The molecule has 0 unspecified atom stereocenters. The van der Waals surface area contributed by atoms with Crippen LogP contribution in [0.4, 0.5) is 4.39 Å². The Morgan fingerprint density at radius 2 is 1.80 bits per heavy atom. The van der Waals surface area contributed by atoms with Crippen molar-refractivity contribution in [3.63, 3.8) is 0 Å². The third-order valence-electron chi connectivity index (χ3n) is 5.12. The van der Waals surface area contributed by atoms with Gasteiger partial charge in [-0.15, -0.1) is 0 Å². The molecule has 0 saturated carbocycles. The van der Waals surface area contributed by atoms with Crippen molar-refractivity contribution in [3.05, 3.63) is 101 Å². The maximum atomic E-state index is 13.6. The lowest BCUT2D eigenvalue weighted by atomic mass is 10.0. The minimum atomic E-state index is -0.426. The average Bonchev–Trinajstić information content (AvgIpc) is 3.34. The molecule has 2 heterocycles. The molecular formula is C24H16Cl2FN3. The highest BCUT2D eigenvalue weighted by Gasteiger charge is 2.19. The molecule has 148 valence electrons. The number of nitrogens with zero attached hydrogens (tertiary/aromatic N) is 2. The Morgan fingerprint density at radius 1 is 0.967 bits per heavy atom. The standard InChI is InChI=1S/C24H16Cl2FN3/c25-17-7-8-18-19(12-28-22(18)11-17)24-23(16-4-2-1-3-5-16)29-14-30(24)13-15-6-9-21(27)20(26)10-15/h1-12,14,28H,13H2. The molecule has 0 spiro atoms. The molecule has 0 fully saturated rings. The van der Waals surface area contributed by atoms with Gasteiger partial charge in [0.25, 0.3) is 0 Å². The smallest absolute Gasteiger partial charge is 0.141 e. The van der Waals surface area contributed by atoms with Gasteiger partial charge < -0.3 is 9.55 Å². The van der Waals surface area contributed by atoms with E-state index < -0.39 is 5.82 Å². The lowest BCUT2D eigenvalue weighted by molar-refractivity contribution is 0.627. The van der Waals surface area contributed by atoms with E-state index in [-0.39, 0.29) is 5.02 Å². The average molecular weight is 436 g/mol. The van der Waals surface area contributed by atoms with E-state index in [1.807, 2.05) is 61.1 Å². The number of benzene rings is 3. The van der Waals surface area contributed by atoms with Gasteiger partial charge in [0.05, 0.1) is 22.7 Å². The first-order valence-corrected chi connectivity index (χ1v) is 10.2. The van der Waals surface area contributed by atoms with Crippen molar-refractivity contribution in [2.45, 2.75) is 6.54 Å². The van der Waals surface area contributed by atoms with Crippen molar-refractivity contribution in [2.75, 3.05) is 0 Å². The Kier molecular flexibility index (Phi) is 4.81. The molecule has 0 aliphatic rings. The Morgan fingerprint density at radius 3 is 2.60 bits per heavy atom. The lowest BCUT2D eigenvalue weighted by Gasteiger charge is -2.11. The number of fused-ring (bicyclic) bond motifs is 1. The molecule has 5 rings (SSSR count). The fraction of sp³-hybridized carbons (Fsp3) is 0.0417. The molecule has 3 aromatic carbocycles. The first-order chi connectivity index (χ1) is 14.6. The van der Waals surface area contributed by atoms with Crippen molar-refractivity contribution in [1.82, 2.24) is 14.5 Å². The Bertz CT molecular complexity index is 1360. The number of hydrogen-bond acceptors (Lipinski definition) is 1. The summed E-state index contributed by atoms with van der Waals surface area (Å²) in [5, 5.41) is 1.84. The zero-order chi connectivity index (χ0) is 20.7.